The van der Waals surface area contributed by atoms with Crippen molar-refractivity contribution in [1.29, 1.82) is 0 Å². The van der Waals surface area contributed by atoms with E-state index in [2.05, 4.69) is 11.1 Å². The van der Waals surface area contributed by atoms with E-state index in [1.54, 1.807) is 18.2 Å². The van der Waals surface area contributed by atoms with Crippen molar-refractivity contribution in [2.45, 2.75) is 25.8 Å². The monoisotopic (exact) mass is 308 g/mol. The van der Waals surface area contributed by atoms with Crippen molar-refractivity contribution in [3.05, 3.63) is 51.1 Å². The summed E-state index contributed by atoms with van der Waals surface area (Å²) < 4.78 is 5.83. The molecule has 2 aromatic rings. The Bertz CT molecular complexity index is 659. The summed E-state index contributed by atoms with van der Waals surface area (Å²) in [7, 11) is 0. The Balaban J connectivity index is 1.99. The van der Waals surface area contributed by atoms with Gasteiger partial charge in [-0.3, -0.25) is 0 Å². The van der Waals surface area contributed by atoms with E-state index >= 15 is 0 Å². The number of fused-ring (bicyclic) bond motifs is 1. The number of rotatable bonds is 3. The number of aromatic nitrogens is 1. The molecule has 104 valence electrons. The zero-order chi connectivity index (χ0) is 14.1. The molecule has 1 aliphatic rings. The summed E-state index contributed by atoms with van der Waals surface area (Å²) in [5.41, 5.74) is 9.04. The van der Waals surface area contributed by atoms with Crippen molar-refractivity contribution in [1.82, 2.24) is 4.98 Å². The molecule has 0 amide bonds. The van der Waals surface area contributed by atoms with Gasteiger partial charge in [0.15, 0.2) is 0 Å². The van der Waals surface area contributed by atoms with Crippen LogP contribution >= 0.6 is 23.2 Å². The second-order valence-corrected chi connectivity index (χ2v) is 5.64. The topological polar surface area (TPSA) is 48.1 Å². The standard InChI is InChI=1S/C15H14Cl2N2O/c16-11-4-5-12(17)14(7-11)20-15-10(8-18)6-9-2-1-3-13(9)19-15/h4-7H,1-3,8,18H2. The summed E-state index contributed by atoms with van der Waals surface area (Å²) in [5, 5.41) is 1.07. The highest BCUT2D eigenvalue weighted by molar-refractivity contribution is 6.34. The third-order valence-electron chi connectivity index (χ3n) is 3.41. The van der Waals surface area contributed by atoms with Crippen LogP contribution in [0.25, 0.3) is 0 Å². The molecule has 1 aromatic heterocycles. The predicted octanol–water partition coefficient (Wildman–Crippen LogP) is 4.13. The number of aryl methyl sites for hydroxylation is 2. The SMILES string of the molecule is NCc1cc2c(nc1Oc1cc(Cl)ccc1Cl)CCC2. The minimum absolute atomic E-state index is 0.383. The maximum atomic E-state index is 6.12. The summed E-state index contributed by atoms with van der Waals surface area (Å²) in [6.07, 6.45) is 3.18. The van der Waals surface area contributed by atoms with Crippen molar-refractivity contribution in [3.63, 3.8) is 0 Å². The van der Waals surface area contributed by atoms with Crippen LogP contribution in [0.15, 0.2) is 24.3 Å². The van der Waals surface area contributed by atoms with Crippen molar-refractivity contribution in [2.24, 2.45) is 5.73 Å². The second-order valence-electron chi connectivity index (χ2n) is 4.79. The molecule has 1 aromatic carbocycles. The highest BCUT2D eigenvalue weighted by Crippen LogP contribution is 2.34. The zero-order valence-corrected chi connectivity index (χ0v) is 12.3. The van der Waals surface area contributed by atoms with Gasteiger partial charge in [-0.05, 0) is 43.0 Å². The van der Waals surface area contributed by atoms with Crippen LogP contribution in [0.4, 0.5) is 0 Å². The molecule has 0 bridgehead atoms. The molecular formula is C15H14Cl2N2O. The normalized spacial score (nSPS) is 13.3. The number of halogens is 2. The zero-order valence-electron chi connectivity index (χ0n) is 10.8. The first kappa shape index (κ1) is 13.7. The summed E-state index contributed by atoms with van der Waals surface area (Å²) in [5.74, 6) is 1.02. The average molecular weight is 309 g/mol. The van der Waals surface area contributed by atoms with Gasteiger partial charge in [-0.15, -0.1) is 0 Å². The minimum Gasteiger partial charge on any atom is -0.437 e. The van der Waals surface area contributed by atoms with E-state index in [-0.39, 0.29) is 0 Å². The summed E-state index contributed by atoms with van der Waals surface area (Å²) in [6.45, 7) is 0.383. The molecule has 0 saturated heterocycles. The van der Waals surface area contributed by atoms with Gasteiger partial charge in [-0.2, -0.15) is 0 Å². The van der Waals surface area contributed by atoms with Gasteiger partial charge in [0, 0.05) is 28.9 Å². The Morgan fingerprint density at radius 3 is 2.85 bits per heavy atom. The quantitative estimate of drug-likeness (QED) is 0.927. The number of nitrogens with two attached hydrogens (primary N) is 1. The number of benzene rings is 1. The highest BCUT2D eigenvalue weighted by Gasteiger charge is 2.17. The highest BCUT2D eigenvalue weighted by atomic mass is 35.5. The van der Waals surface area contributed by atoms with Crippen LogP contribution in [0.1, 0.15) is 23.2 Å². The van der Waals surface area contributed by atoms with Gasteiger partial charge < -0.3 is 10.5 Å². The van der Waals surface area contributed by atoms with Gasteiger partial charge in [0.1, 0.15) is 5.75 Å². The fourth-order valence-corrected chi connectivity index (χ4v) is 2.71. The predicted molar refractivity (Wildman–Crippen MR) is 80.7 cm³/mol. The fourth-order valence-electron chi connectivity index (χ4n) is 2.39. The van der Waals surface area contributed by atoms with Crippen molar-refractivity contribution in [2.75, 3.05) is 0 Å². The third-order valence-corrected chi connectivity index (χ3v) is 3.96. The number of hydrogen-bond acceptors (Lipinski definition) is 3. The Morgan fingerprint density at radius 2 is 2.05 bits per heavy atom. The number of hydrogen-bond donors (Lipinski definition) is 1. The van der Waals surface area contributed by atoms with E-state index in [0.29, 0.717) is 28.2 Å². The Morgan fingerprint density at radius 1 is 1.20 bits per heavy atom. The number of ether oxygens (including phenoxy) is 1. The van der Waals surface area contributed by atoms with Crippen LogP contribution in [-0.2, 0) is 19.4 Å². The van der Waals surface area contributed by atoms with Crippen LogP contribution in [0.3, 0.4) is 0 Å². The Hall–Kier alpha value is -1.29. The summed E-state index contributed by atoms with van der Waals surface area (Å²) in [4.78, 5) is 4.59. The van der Waals surface area contributed by atoms with E-state index in [1.165, 1.54) is 5.56 Å². The lowest BCUT2D eigenvalue weighted by Gasteiger charge is -2.12. The molecule has 0 aliphatic heterocycles. The van der Waals surface area contributed by atoms with Crippen LogP contribution < -0.4 is 10.5 Å². The third kappa shape index (κ3) is 2.62. The van der Waals surface area contributed by atoms with Gasteiger partial charge in [0.2, 0.25) is 5.88 Å². The Labute approximate surface area is 127 Å². The molecule has 20 heavy (non-hydrogen) atoms. The molecule has 0 saturated carbocycles. The van der Waals surface area contributed by atoms with Crippen LogP contribution in [0.5, 0.6) is 11.6 Å². The lowest BCUT2D eigenvalue weighted by molar-refractivity contribution is 0.454. The maximum Gasteiger partial charge on any atom is 0.224 e. The molecule has 1 heterocycles. The first-order chi connectivity index (χ1) is 9.67. The smallest absolute Gasteiger partial charge is 0.224 e. The van der Waals surface area contributed by atoms with Gasteiger partial charge in [0.25, 0.3) is 0 Å². The average Bonchev–Trinajstić information content (AvgIpc) is 2.89. The molecule has 5 heteroatoms. The van der Waals surface area contributed by atoms with Gasteiger partial charge in [-0.25, -0.2) is 4.98 Å². The first-order valence-corrected chi connectivity index (χ1v) is 7.27. The molecule has 1 aliphatic carbocycles. The molecule has 0 unspecified atom stereocenters. The van der Waals surface area contributed by atoms with Crippen molar-refractivity contribution in [3.8, 4) is 11.6 Å². The molecule has 0 radical (unpaired) electrons. The van der Waals surface area contributed by atoms with E-state index in [4.69, 9.17) is 33.7 Å². The molecule has 3 nitrogen and oxygen atoms in total. The Kier molecular flexibility index (Phi) is 3.83. The fraction of sp³-hybridized carbons (Fsp3) is 0.267. The second kappa shape index (κ2) is 5.60. The van der Waals surface area contributed by atoms with E-state index < -0.39 is 0 Å². The van der Waals surface area contributed by atoms with Crippen molar-refractivity contribution < 1.29 is 4.74 Å². The lowest BCUT2D eigenvalue weighted by Crippen LogP contribution is -2.04. The first-order valence-electron chi connectivity index (χ1n) is 6.52. The van der Waals surface area contributed by atoms with Gasteiger partial charge in [0.05, 0.1) is 5.02 Å². The van der Waals surface area contributed by atoms with E-state index in [9.17, 15) is 0 Å². The molecule has 0 spiro atoms. The van der Waals surface area contributed by atoms with Crippen LogP contribution in [-0.4, -0.2) is 4.98 Å². The molecule has 2 N–H and O–H groups in total. The van der Waals surface area contributed by atoms with Crippen molar-refractivity contribution >= 4 is 23.2 Å². The van der Waals surface area contributed by atoms with Crippen LogP contribution in [0.2, 0.25) is 10.0 Å². The summed E-state index contributed by atoms with van der Waals surface area (Å²) >= 11 is 12.1. The minimum atomic E-state index is 0.383. The molecular weight excluding hydrogens is 295 g/mol. The van der Waals surface area contributed by atoms with E-state index in [1.807, 2.05) is 0 Å². The van der Waals surface area contributed by atoms with E-state index in [0.717, 1.165) is 30.5 Å². The molecule has 0 fully saturated rings. The number of nitrogens with zero attached hydrogens (tertiary/aromatic N) is 1. The lowest BCUT2D eigenvalue weighted by atomic mass is 10.1. The van der Waals surface area contributed by atoms with Gasteiger partial charge in [-0.1, -0.05) is 23.2 Å². The number of pyridine rings is 1. The summed E-state index contributed by atoms with van der Waals surface area (Å²) in [6, 6.07) is 7.19. The largest absolute Gasteiger partial charge is 0.437 e. The molecule has 0 atom stereocenters. The van der Waals surface area contributed by atoms with Gasteiger partial charge >= 0.3 is 0 Å². The maximum absolute atomic E-state index is 6.12. The van der Waals surface area contributed by atoms with Crippen LogP contribution in [0, 0.1) is 0 Å². The molecule has 3 rings (SSSR count).